The first-order valence-corrected chi connectivity index (χ1v) is 7.06. The maximum Gasteiger partial charge on any atom is 0.304 e. The number of Topliss-reactive ketones (excluding diaryl/α,β-unsaturated/α-hetero) is 1. The molecule has 1 aliphatic heterocycles. The molecule has 1 aliphatic rings. The Kier molecular flexibility index (Phi) is 4.49. The molecule has 0 spiro atoms. The molecule has 0 amide bonds. The number of rotatable bonds is 6. The minimum absolute atomic E-state index is 0.0284. The second kappa shape index (κ2) is 6.11. The fourth-order valence-corrected chi connectivity index (χ4v) is 3.09. The van der Waals surface area contributed by atoms with Crippen LogP contribution >= 0.6 is 11.3 Å². The summed E-state index contributed by atoms with van der Waals surface area (Å²) in [7, 11) is 0. The number of likely N-dealkylation sites (tertiary alicyclic amines) is 1. The summed E-state index contributed by atoms with van der Waals surface area (Å²) >= 11 is 1.38. The van der Waals surface area contributed by atoms with Crippen LogP contribution in [0.5, 0.6) is 0 Å². The number of nitrogens with zero attached hydrogens (tertiary/aromatic N) is 1. The lowest BCUT2D eigenvalue weighted by Crippen LogP contribution is -2.32. The number of aliphatic carboxylic acids is 1. The van der Waals surface area contributed by atoms with Gasteiger partial charge in [0.15, 0.2) is 5.78 Å². The topological polar surface area (TPSA) is 57.6 Å². The molecule has 5 heteroatoms. The van der Waals surface area contributed by atoms with Crippen molar-refractivity contribution in [3.63, 3.8) is 0 Å². The zero-order valence-electron chi connectivity index (χ0n) is 10.2. The molecule has 1 unspecified atom stereocenters. The molecule has 1 atom stereocenters. The van der Waals surface area contributed by atoms with E-state index in [-0.39, 0.29) is 12.2 Å². The standard InChI is InChI=1S/C13H17NO3S/c15-12(16)8-10(9-14-5-1-2-6-14)13(17)11-4-3-7-18-11/h3-4,7,10H,1-2,5-6,8-9H2,(H,15,16). The first-order chi connectivity index (χ1) is 8.66. The average Bonchev–Trinajstić information content (AvgIpc) is 2.99. The molecule has 1 aromatic rings. The van der Waals surface area contributed by atoms with Crippen LogP contribution in [0.15, 0.2) is 17.5 Å². The quantitative estimate of drug-likeness (QED) is 0.802. The van der Waals surface area contributed by atoms with Crippen molar-refractivity contribution in [2.75, 3.05) is 19.6 Å². The third-order valence-electron chi connectivity index (χ3n) is 3.23. The Morgan fingerprint density at radius 1 is 1.39 bits per heavy atom. The molecule has 4 nitrogen and oxygen atoms in total. The highest BCUT2D eigenvalue weighted by atomic mass is 32.1. The molecule has 0 bridgehead atoms. The van der Waals surface area contributed by atoms with Crippen molar-refractivity contribution >= 4 is 23.1 Å². The molecule has 98 valence electrons. The Hall–Kier alpha value is -1.20. The fraction of sp³-hybridized carbons (Fsp3) is 0.538. The lowest BCUT2D eigenvalue weighted by atomic mass is 9.98. The van der Waals surface area contributed by atoms with Gasteiger partial charge in [0.1, 0.15) is 0 Å². The number of ketones is 1. The minimum atomic E-state index is -0.899. The van der Waals surface area contributed by atoms with E-state index in [4.69, 9.17) is 5.11 Å². The average molecular weight is 267 g/mol. The normalized spacial score (nSPS) is 17.8. The predicted octanol–water partition coefficient (Wildman–Crippen LogP) is 2.12. The van der Waals surface area contributed by atoms with E-state index in [1.165, 1.54) is 11.3 Å². The van der Waals surface area contributed by atoms with E-state index in [1.54, 1.807) is 6.07 Å². The van der Waals surface area contributed by atoms with Crippen LogP contribution in [0.4, 0.5) is 0 Å². The first kappa shape index (κ1) is 13.2. The Morgan fingerprint density at radius 3 is 2.67 bits per heavy atom. The van der Waals surface area contributed by atoms with Gasteiger partial charge in [0.2, 0.25) is 0 Å². The Balaban J connectivity index is 2.03. The molecule has 1 fully saturated rings. The van der Waals surface area contributed by atoms with Crippen molar-refractivity contribution in [3.05, 3.63) is 22.4 Å². The number of thiophene rings is 1. The maximum absolute atomic E-state index is 12.2. The fourth-order valence-electron chi connectivity index (χ4n) is 2.35. The summed E-state index contributed by atoms with van der Waals surface area (Å²) in [5.74, 6) is -1.34. The molecule has 1 N–H and O–H groups in total. The molecule has 1 saturated heterocycles. The van der Waals surface area contributed by atoms with E-state index in [0.717, 1.165) is 25.9 Å². The van der Waals surface area contributed by atoms with Crippen molar-refractivity contribution in [2.45, 2.75) is 19.3 Å². The lowest BCUT2D eigenvalue weighted by molar-refractivity contribution is -0.137. The summed E-state index contributed by atoms with van der Waals surface area (Å²) in [5, 5.41) is 10.8. The zero-order valence-corrected chi connectivity index (χ0v) is 11.0. The van der Waals surface area contributed by atoms with Crippen molar-refractivity contribution in [1.82, 2.24) is 4.90 Å². The lowest BCUT2D eigenvalue weighted by Gasteiger charge is -2.20. The van der Waals surface area contributed by atoms with Crippen LogP contribution in [0.25, 0.3) is 0 Å². The molecule has 0 radical (unpaired) electrons. The largest absolute Gasteiger partial charge is 0.481 e. The van der Waals surface area contributed by atoms with Gasteiger partial charge in [0, 0.05) is 12.5 Å². The van der Waals surface area contributed by atoms with Gasteiger partial charge in [0.05, 0.1) is 11.3 Å². The van der Waals surface area contributed by atoms with Gasteiger partial charge in [-0.2, -0.15) is 0 Å². The van der Waals surface area contributed by atoms with Crippen LogP contribution < -0.4 is 0 Å². The minimum Gasteiger partial charge on any atom is -0.481 e. The molecule has 2 heterocycles. The highest BCUT2D eigenvalue weighted by Crippen LogP contribution is 2.20. The summed E-state index contributed by atoms with van der Waals surface area (Å²) in [5.41, 5.74) is 0. The second-order valence-electron chi connectivity index (χ2n) is 4.64. The van der Waals surface area contributed by atoms with Crippen LogP contribution in [0.1, 0.15) is 28.9 Å². The Bertz CT molecular complexity index is 410. The van der Waals surface area contributed by atoms with E-state index < -0.39 is 11.9 Å². The van der Waals surface area contributed by atoms with E-state index in [1.807, 2.05) is 11.4 Å². The summed E-state index contributed by atoms with van der Waals surface area (Å²) < 4.78 is 0. The monoisotopic (exact) mass is 267 g/mol. The highest BCUT2D eigenvalue weighted by Gasteiger charge is 2.27. The van der Waals surface area contributed by atoms with E-state index >= 15 is 0 Å². The molecule has 1 aromatic heterocycles. The number of carboxylic acids is 1. The van der Waals surface area contributed by atoms with Crippen molar-refractivity contribution < 1.29 is 14.7 Å². The SMILES string of the molecule is O=C(O)CC(CN1CCCC1)C(=O)c1cccs1. The summed E-state index contributed by atoms with van der Waals surface area (Å²) in [4.78, 5) is 26.0. The van der Waals surface area contributed by atoms with Gasteiger partial charge >= 0.3 is 5.97 Å². The number of hydrogen-bond donors (Lipinski definition) is 1. The van der Waals surface area contributed by atoms with Crippen LogP contribution in [0.3, 0.4) is 0 Å². The third-order valence-corrected chi connectivity index (χ3v) is 4.12. The van der Waals surface area contributed by atoms with Gasteiger partial charge in [-0.15, -0.1) is 11.3 Å². The van der Waals surface area contributed by atoms with Gasteiger partial charge in [0.25, 0.3) is 0 Å². The summed E-state index contributed by atoms with van der Waals surface area (Å²) in [6.07, 6.45) is 2.22. The van der Waals surface area contributed by atoms with Crippen molar-refractivity contribution in [2.24, 2.45) is 5.92 Å². The first-order valence-electron chi connectivity index (χ1n) is 6.18. The van der Waals surface area contributed by atoms with Crippen molar-refractivity contribution in [3.8, 4) is 0 Å². The summed E-state index contributed by atoms with van der Waals surface area (Å²) in [6, 6.07) is 3.59. The zero-order chi connectivity index (χ0) is 13.0. The Labute approximate surface area is 110 Å². The number of carbonyl (C=O) groups excluding carboxylic acids is 1. The van der Waals surface area contributed by atoms with Crippen LogP contribution in [0, 0.1) is 5.92 Å². The maximum atomic E-state index is 12.2. The van der Waals surface area contributed by atoms with Crippen LogP contribution in [0.2, 0.25) is 0 Å². The number of carbonyl (C=O) groups is 2. The van der Waals surface area contributed by atoms with Crippen LogP contribution in [-0.4, -0.2) is 41.4 Å². The molecule has 18 heavy (non-hydrogen) atoms. The predicted molar refractivity (Wildman–Crippen MR) is 70.1 cm³/mol. The Morgan fingerprint density at radius 2 is 2.11 bits per heavy atom. The third kappa shape index (κ3) is 3.40. The van der Waals surface area contributed by atoms with Gasteiger partial charge < -0.3 is 10.0 Å². The van der Waals surface area contributed by atoms with E-state index in [2.05, 4.69) is 4.90 Å². The van der Waals surface area contributed by atoms with Crippen molar-refractivity contribution in [1.29, 1.82) is 0 Å². The summed E-state index contributed by atoms with van der Waals surface area (Å²) in [6.45, 7) is 2.53. The second-order valence-corrected chi connectivity index (χ2v) is 5.59. The van der Waals surface area contributed by atoms with Gasteiger partial charge in [-0.1, -0.05) is 6.07 Å². The van der Waals surface area contributed by atoms with Gasteiger partial charge in [-0.05, 0) is 37.4 Å². The molecule has 0 saturated carbocycles. The van der Waals surface area contributed by atoms with Crippen LogP contribution in [-0.2, 0) is 4.79 Å². The number of hydrogen-bond acceptors (Lipinski definition) is 4. The molecular weight excluding hydrogens is 250 g/mol. The molecular formula is C13H17NO3S. The van der Waals surface area contributed by atoms with Gasteiger partial charge in [-0.3, -0.25) is 9.59 Å². The molecule has 2 rings (SSSR count). The number of carboxylic acid groups (broad SMARTS) is 1. The highest BCUT2D eigenvalue weighted by molar-refractivity contribution is 7.12. The molecule has 0 aromatic carbocycles. The molecule has 0 aliphatic carbocycles. The van der Waals surface area contributed by atoms with Gasteiger partial charge in [-0.25, -0.2) is 0 Å². The smallest absolute Gasteiger partial charge is 0.304 e. The van der Waals surface area contributed by atoms with E-state index in [9.17, 15) is 9.59 Å². The van der Waals surface area contributed by atoms with E-state index in [0.29, 0.717) is 11.4 Å².